The molecule has 0 fully saturated rings. The summed E-state index contributed by atoms with van der Waals surface area (Å²) in [7, 11) is 0. The minimum absolute atomic E-state index is 0.0902. The van der Waals surface area contributed by atoms with Gasteiger partial charge < -0.3 is 10.2 Å². The van der Waals surface area contributed by atoms with Crippen LogP contribution in [0.25, 0.3) is 0 Å². The molecule has 1 atom stereocenters. The lowest BCUT2D eigenvalue weighted by atomic mass is 9.99. The van der Waals surface area contributed by atoms with Gasteiger partial charge in [-0.1, -0.05) is 0 Å². The molecular weight excluding hydrogens is 182 g/mol. The molecule has 0 radical (unpaired) electrons. The van der Waals surface area contributed by atoms with E-state index in [-0.39, 0.29) is 13.2 Å². The molecule has 2 rings (SSSR count). The van der Waals surface area contributed by atoms with E-state index in [1.807, 2.05) is 4.68 Å². The minimum atomic E-state index is 0.0902. The van der Waals surface area contributed by atoms with Crippen LogP contribution in [0, 0.1) is 5.92 Å². The number of aromatic nitrogens is 3. The Labute approximate surface area is 82.4 Å². The van der Waals surface area contributed by atoms with E-state index in [9.17, 15) is 0 Å². The van der Waals surface area contributed by atoms with E-state index in [1.54, 1.807) is 0 Å². The highest BCUT2D eigenvalue weighted by Crippen LogP contribution is 2.18. The second-order valence-electron chi connectivity index (χ2n) is 3.68. The van der Waals surface area contributed by atoms with Gasteiger partial charge in [0.1, 0.15) is 5.82 Å². The van der Waals surface area contributed by atoms with E-state index in [2.05, 4.69) is 10.1 Å². The van der Waals surface area contributed by atoms with Gasteiger partial charge in [-0.05, 0) is 12.3 Å². The summed E-state index contributed by atoms with van der Waals surface area (Å²) in [5, 5.41) is 22.1. The van der Waals surface area contributed by atoms with Crippen LogP contribution in [0.15, 0.2) is 0 Å². The first-order chi connectivity index (χ1) is 6.83. The maximum atomic E-state index is 9.03. The molecule has 78 valence electrons. The first-order valence-corrected chi connectivity index (χ1v) is 4.97. The highest BCUT2D eigenvalue weighted by Gasteiger charge is 2.20. The Morgan fingerprint density at radius 3 is 3.00 bits per heavy atom. The van der Waals surface area contributed by atoms with Gasteiger partial charge in [0.15, 0.2) is 5.82 Å². The second kappa shape index (κ2) is 4.06. The lowest BCUT2D eigenvalue weighted by Crippen LogP contribution is -2.22. The third kappa shape index (κ3) is 1.78. The SMILES string of the molecule is OCCc1nc2n(n1)CCC(CO)C2. The van der Waals surface area contributed by atoms with Gasteiger partial charge in [-0.25, -0.2) is 9.67 Å². The van der Waals surface area contributed by atoms with Crippen molar-refractivity contribution in [3.05, 3.63) is 11.6 Å². The lowest BCUT2D eigenvalue weighted by molar-refractivity contribution is 0.196. The molecule has 0 bridgehead atoms. The zero-order valence-corrected chi connectivity index (χ0v) is 8.06. The summed E-state index contributed by atoms with van der Waals surface area (Å²) < 4.78 is 1.89. The normalized spacial score (nSPS) is 20.9. The molecule has 1 aromatic rings. The largest absolute Gasteiger partial charge is 0.396 e. The Balaban J connectivity index is 2.12. The highest BCUT2D eigenvalue weighted by molar-refractivity contribution is 4.97. The van der Waals surface area contributed by atoms with Gasteiger partial charge in [-0.15, -0.1) is 0 Å². The molecule has 5 heteroatoms. The third-order valence-corrected chi connectivity index (χ3v) is 2.61. The number of aliphatic hydroxyl groups is 2. The number of aryl methyl sites for hydroxylation is 1. The van der Waals surface area contributed by atoms with Crippen LogP contribution in [0.5, 0.6) is 0 Å². The first kappa shape index (κ1) is 9.61. The molecule has 14 heavy (non-hydrogen) atoms. The van der Waals surface area contributed by atoms with Crippen molar-refractivity contribution < 1.29 is 10.2 Å². The highest BCUT2D eigenvalue weighted by atomic mass is 16.3. The van der Waals surface area contributed by atoms with Crippen molar-refractivity contribution in [3.63, 3.8) is 0 Å². The van der Waals surface area contributed by atoms with Crippen LogP contribution in [-0.2, 0) is 19.4 Å². The number of hydrogen-bond donors (Lipinski definition) is 2. The van der Waals surface area contributed by atoms with Gasteiger partial charge in [-0.2, -0.15) is 5.10 Å². The topological polar surface area (TPSA) is 71.2 Å². The zero-order chi connectivity index (χ0) is 9.97. The molecular formula is C9H15N3O2. The zero-order valence-electron chi connectivity index (χ0n) is 8.06. The van der Waals surface area contributed by atoms with Gasteiger partial charge in [0, 0.05) is 26.0 Å². The molecule has 1 aliphatic heterocycles. The van der Waals surface area contributed by atoms with Crippen molar-refractivity contribution in [2.24, 2.45) is 5.92 Å². The van der Waals surface area contributed by atoms with E-state index >= 15 is 0 Å². The molecule has 1 aliphatic rings. The molecule has 5 nitrogen and oxygen atoms in total. The summed E-state index contributed by atoms with van der Waals surface area (Å²) in [6, 6.07) is 0. The second-order valence-corrected chi connectivity index (χ2v) is 3.68. The fourth-order valence-corrected chi connectivity index (χ4v) is 1.78. The molecule has 0 amide bonds. The van der Waals surface area contributed by atoms with Gasteiger partial charge in [0.25, 0.3) is 0 Å². The molecule has 1 aromatic heterocycles. The summed E-state index contributed by atoms with van der Waals surface area (Å²) in [6.45, 7) is 1.15. The van der Waals surface area contributed by atoms with Crippen molar-refractivity contribution in [2.45, 2.75) is 25.8 Å². The molecule has 2 N–H and O–H groups in total. The van der Waals surface area contributed by atoms with Gasteiger partial charge in [0.05, 0.1) is 6.61 Å². The summed E-state index contributed by atoms with van der Waals surface area (Å²) >= 11 is 0. The molecule has 0 aliphatic carbocycles. The predicted molar refractivity (Wildman–Crippen MR) is 49.7 cm³/mol. The molecule has 0 aromatic carbocycles. The van der Waals surface area contributed by atoms with E-state index in [0.717, 1.165) is 25.2 Å². The van der Waals surface area contributed by atoms with Crippen LogP contribution in [0.4, 0.5) is 0 Å². The van der Waals surface area contributed by atoms with Gasteiger partial charge in [-0.3, -0.25) is 0 Å². The Kier molecular flexibility index (Phi) is 2.79. The quantitative estimate of drug-likeness (QED) is 0.676. The van der Waals surface area contributed by atoms with E-state index in [0.29, 0.717) is 18.2 Å². The van der Waals surface area contributed by atoms with Crippen molar-refractivity contribution in [3.8, 4) is 0 Å². The predicted octanol–water partition coefficient (Wildman–Crippen LogP) is -0.632. The minimum Gasteiger partial charge on any atom is -0.396 e. The standard InChI is InChI=1S/C9H15N3O2/c13-4-2-8-10-9-5-7(6-14)1-3-12(9)11-8/h7,13-14H,1-6H2. The summed E-state index contributed by atoms with van der Waals surface area (Å²) in [5.74, 6) is 1.98. The number of rotatable bonds is 3. The van der Waals surface area contributed by atoms with Crippen LogP contribution >= 0.6 is 0 Å². The van der Waals surface area contributed by atoms with E-state index < -0.39 is 0 Å². The summed E-state index contributed by atoms with van der Waals surface area (Å²) in [6.07, 6.45) is 2.28. The summed E-state index contributed by atoms with van der Waals surface area (Å²) in [5.41, 5.74) is 0. The maximum Gasteiger partial charge on any atom is 0.153 e. The first-order valence-electron chi connectivity index (χ1n) is 4.97. The van der Waals surface area contributed by atoms with Crippen molar-refractivity contribution in [2.75, 3.05) is 13.2 Å². The number of nitrogens with zero attached hydrogens (tertiary/aromatic N) is 3. The van der Waals surface area contributed by atoms with Crippen LogP contribution in [-0.4, -0.2) is 38.2 Å². The van der Waals surface area contributed by atoms with Crippen LogP contribution in [0.3, 0.4) is 0 Å². The fraction of sp³-hybridized carbons (Fsp3) is 0.778. The van der Waals surface area contributed by atoms with Crippen LogP contribution in [0.1, 0.15) is 18.1 Å². The molecule has 0 saturated carbocycles. The Hall–Kier alpha value is -0.940. The maximum absolute atomic E-state index is 9.03. The number of hydrogen-bond acceptors (Lipinski definition) is 4. The third-order valence-electron chi connectivity index (χ3n) is 2.61. The number of aliphatic hydroxyl groups excluding tert-OH is 2. The monoisotopic (exact) mass is 197 g/mol. The van der Waals surface area contributed by atoms with Gasteiger partial charge in [0.2, 0.25) is 0 Å². The molecule has 0 saturated heterocycles. The van der Waals surface area contributed by atoms with Crippen LogP contribution < -0.4 is 0 Å². The van der Waals surface area contributed by atoms with Crippen molar-refractivity contribution in [1.82, 2.24) is 14.8 Å². The smallest absolute Gasteiger partial charge is 0.153 e. The lowest BCUT2D eigenvalue weighted by Gasteiger charge is -2.19. The van der Waals surface area contributed by atoms with Gasteiger partial charge >= 0.3 is 0 Å². The summed E-state index contributed by atoms with van der Waals surface area (Å²) in [4.78, 5) is 4.32. The average Bonchev–Trinajstić information content (AvgIpc) is 2.59. The Morgan fingerprint density at radius 2 is 2.29 bits per heavy atom. The van der Waals surface area contributed by atoms with E-state index in [4.69, 9.17) is 10.2 Å². The van der Waals surface area contributed by atoms with Crippen molar-refractivity contribution in [1.29, 1.82) is 0 Å². The Morgan fingerprint density at radius 1 is 1.43 bits per heavy atom. The van der Waals surface area contributed by atoms with Crippen molar-refractivity contribution >= 4 is 0 Å². The number of fused-ring (bicyclic) bond motifs is 1. The average molecular weight is 197 g/mol. The molecule has 0 spiro atoms. The Bertz CT molecular complexity index is 311. The fourth-order valence-electron chi connectivity index (χ4n) is 1.78. The van der Waals surface area contributed by atoms with Crippen LogP contribution in [0.2, 0.25) is 0 Å². The molecule has 1 unspecified atom stereocenters. The molecule has 2 heterocycles. The van der Waals surface area contributed by atoms with E-state index in [1.165, 1.54) is 0 Å².